The number of nitrogens with zero attached hydrogens (tertiary/aromatic N) is 9. The normalized spacial score (nSPS) is 18.6. The van der Waals surface area contributed by atoms with Crippen LogP contribution in [0.4, 0.5) is 14.6 Å². The lowest BCUT2D eigenvalue weighted by molar-refractivity contribution is 0.264. The van der Waals surface area contributed by atoms with Gasteiger partial charge in [0.2, 0.25) is 4.73 Å². The Balaban J connectivity index is 0.000000203. The molecule has 0 amide bonds. The molecule has 7 rings (SSSR count). The van der Waals surface area contributed by atoms with Gasteiger partial charge in [-0.2, -0.15) is 15.1 Å². The molecular weight excluding hydrogens is 719 g/mol. The number of rotatable bonds is 7. The van der Waals surface area contributed by atoms with E-state index in [9.17, 15) is 8.78 Å². The van der Waals surface area contributed by atoms with Gasteiger partial charge in [-0.25, -0.2) is 28.1 Å². The number of anilines is 1. The molecule has 246 valence electrons. The number of fused-ring (bicyclic) bond motifs is 2. The summed E-state index contributed by atoms with van der Waals surface area (Å²) >= 11 is 14.8. The van der Waals surface area contributed by atoms with Crippen molar-refractivity contribution in [3.05, 3.63) is 86.7 Å². The summed E-state index contributed by atoms with van der Waals surface area (Å²) < 4.78 is 41.3. The zero-order chi connectivity index (χ0) is 33.2. The SMILES string of the molecule is Cc1cc(N2C[C@H]3CC[C@@H](C2)C3Cc2nc(Oc3cccc(F)c3Cl)n(C)n2)ncn1.Cn1nc(Br)nc1Oc1cccc(F)c1Cl. The molecule has 11 nitrogen and oxygen atoms in total. The summed E-state index contributed by atoms with van der Waals surface area (Å²) in [5.74, 6) is 2.83. The van der Waals surface area contributed by atoms with E-state index in [4.69, 9.17) is 32.7 Å². The molecule has 2 aromatic carbocycles. The van der Waals surface area contributed by atoms with Gasteiger partial charge in [0.1, 0.15) is 33.8 Å². The standard InChI is InChI=1S/C22H24ClFN6O.C9H6BrClFN3O/c1-13-8-20(26-12-25-13)30-10-14-6-7-15(11-30)16(14)9-19-27-22(29(2)28-19)31-18-5-3-4-17(24)21(18)23;1-15-9(13-8(10)14-15)16-6-4-2-3-5(12)7(6)11/h3-5,8,12,14-16H,6-7,9-11H2,1-2H3;2-4H,1H3/t14-,15+,16?;. The Labute approximate surface area is 288 Å². The van der Waals surface area contributed by atoms with Gasteiger partial charge in [0.05, 0.1) is 0 Å². The van der Waals surface area contributed by atoms with Crippen LogP contribution in [-0.4, -0.2) is 52.6 Å². The first kappa shape index (κ1) is 33.0. The average molecular weight is 749 g/mol. The molecule has 4 heterocycles. The highest BCUT2D eigenvalue weighted by atomic mass is 79.9. The molecule has 1 saturated carbocycles. The quantitative estimate of drug-likeness (QED) is 0.169. The third kappa shape index (κ3) is 7.49. The highest BCUT2D eigenvalue weighted by Gasteiger charge is 2.42. The van der Waals surface area contributed by atoms with Crippen molar-refractivity contribution in [1.82, 2.24) is 39.5 Å². The van der Waals surface area contributed by atoms with E-state index in [1.165, 1.54) is 35.7 Å². The molecule has 2 aliphatic rings. The number of aromatic nitrogens is 8. The van der Waals surface area contributed by atoms with Gasteiger partial charge in [-0.05, 0) is 77.7 Å². The van der Waals surface area contributed by atoms with Crippen LogP contribution in [0, 0.1) is 36.3 Å². The first-order chi connectivity index (χ1) is 22.5. The summed E-state index contributed by atoms with van der Waals surface area (Å²) in [6.07, 6.45) is 4.87. The van der Waals surface area contributed by atoms with E-state index in [1.807, 2.05) is 6.92 Å². The monoisotopic (exact) mass is 747 g/mol. The predicted octanol–water partition coefficient (Wildman–Crippen LogP) is 7.37. The zero-order valence-electron chi connectivity index (χ0n) is 25.6. The topological polar surface area (TPSA) is 109 Å². The first-order valence-electron chi connectivity index (χ1n) is 14.8. The fraction of sp³-hybridized carbons (Fsp3) is 0.355. The van der Waals surface area contributed by atoms with Gasteiger partial charge in [0, 0.05) is 45.4 Å². The zero-order valence-corrected chi connectivity index (χ0v) is 28.7. The molecule has 1 aliphatic heterocycles. The van der Waals surface area contributed by atoms with Crippen LogP contribution in [0.25, 0.3) is 0 Å². The maximum Gasteiger partial charge on any atom is 0.321 e. The van der Waals surface area contributed by atoms with Gasteiger partial charge in [-0.3, -0.25) is 0 Å². The minimum Gasteiger partial charge on any atom is -0.423 e. The van der Waals surface area contributed by atoms with Crippen LogP contribution in [0.5, 0.6) is 23.5 Å². The van der Waals surface area contributed by atoms with E-state index < -0.39 is 11.6 Å². The Morgan fingerprint density at radius 1 is 0.851 bits per heavy atom. The molecule has 1 saturated heterocycles. The third-order valence-corrected chi connectivity index (χ3v) is 9.33. The lowest BCUT2D eigenvalue weighted by Crippen LogP contribution is -2.43. The van der Waals surface area contributed by atoms with E-state index in [0.29, 0.717) is 28.5 Å². The summed E-state index contributed by atoms with van der Waals surface area (Å²) in [5.41, 5.74) is 0.989. The third-order valence-electron chi connectivity index (χ3n) is 8.26. The highest BCUT2D eigenvalue weighted by molar-refractivity contribution is 9.10. The molecule has 2 fully saturated rings. The number of aryl methyl sites for hydroxylation is 3. The van der Waals surface area contributed by atoms with Crippen LogP contribution in [0.15, 0.2) is 53.5 Å². The molecule has 1 aliphatic carbocycles. The molecule has 3 atom stereocenters. The molecule has 0 N–H and O–H groups in total. The van der Waals surface area contributed by atoms with Crippen molar-refractivity contribution in [3.63, 3.8) is 0 Å². The molecule has 47 heavy (non-hydrogen) atoms. The molecular formula is C31H30BrCl2F2N9O2. The fourth-order valence-electron chi connectivity index (χ4n) is 6.03. The fourth-order valence-corrected chi connectivity index (χ4v) is 6.75. The molecule has 3 aromatic heterocycles. The van der Waals surface area contributed by atoms with Crippen LogP contribution in [0.1, 0.15) is 24.4 Å². The van der Waals surface area contributed by atoms with Gasteiger partial charge in [-0.1, -0.05) is 35.3 Å². The van der Waals surface area contributed by atoms with E-state index in [1.54, 1.807) is 43.3 Å². The second-order valence-corrected chi connectivity index (χ2v) is 12.9. The maximum atomic E-state index is 13.7. The smallest absolute Gasteiger partial charge is 0.321 e. The van der Waals surface area contributed by atoms with Crippen LogP contribution in [0.2, 0.25) is 10.0 Å². The summed E-state index contributed by atoms with van der Waals surface area (Å²) in [6.45, 7) is 3.98. The van der Waals surface area contributed by atoms with Crippen molar-refractivity contribution >= 4 is 44.9 Å². The van der Waals surface area contributed by atoms with E-state index in [-0.39, 0.29) is 27.6 Å². The number of hydrogen-bond acceptors (Lipinski definition) is 9. The van der Waals surface area contributed by atoms with Crippen molar-refractivity contribution in [2.45, 2.75) is 26.2 Å². The molecule has 2 bridgehead atoms. The van der Waals surface area contributed by atoms with Crippen LogP contribution in [-0.2, 0) is 20.5 Å². The van der Waals surface area contributed by atoms with E-state index in [0.717, 1.165) is 36.8 Å². The van der Waals surface area contributed by atoms with Crippen molar-refractivity contribution < 1.29 is 18.3 Å². The number of benzene rings is 2. The Hall–Kier alpha value is -3.88. The van der Waals surface area contributed by atoms with Crippen LogP contribution < -0.4 is 14.4 Å². The minimum absolute atomic E-state index is 0.0579. The van der Waals surface area contributed by atoms with Gasteiger partial charge in [0.15, 0.2) is 17.3 Å². The lowest BCUT2D eigenvalue weighted by Gasteiger charge is -2.38. The average Bonchev–Trinajstić information content (AvgIpc) is 3.62. The lowest BCUT2D eigenvalue weighted by atomic mass is 9.82. The minimum atomic E-state index is -0.541. The van der Waals surface area contributed by atoms with Gasteiger partial charge >= 0.3 is 12.0 Å². The van der Waals surface area contributed by atoms with Crippen LogP contribution in [0.3, 0.4) is 0 Å². The summed E-state index contributed by atoms with van der Waals surface area (Å²) in [7, 11) is 3.42. The van der Waals surface area contributed by atoms with Crippen molar-refractivity contribution in [2.24, 2.45) is 31.8 Å². The van der Waals surface area contributed by atoms with E-state index >= 15 is 0 Å². The maximum absolute atomic E-state index is 13.7. The number of hydrogen-bond donors (Lipinski definition) is 0. The molecule has 16 heteroatoms. The Morgan fingerprint density at radius 3 is 1.98 bits per heavy atom. The van der Waals surface area contributed by atoms with E-state index in [2.05, 4.69) is 57.0 Å². The van der Waals surface area contributed by atoms with Crippen molar-refractivity contribution in [2.75, 3.05) is 18.0 Å². The summed E-state index contributed by atoms with van der Waals surface area (Å²) in [6, 6.07) is 11.4. The Kier molecular flexibility index (Phi) is 9.90. The summed E-state index contributed by atoms with van der Waals surface area (Å²) in [4.78, 5) is 19.6. The molecule has 0 radical (unpaired) electrons. The Morgan fingerprint density at radius 2 is 1.43 bits per heavy atom. The number of halogens is 5. The highest BCUT2D eigenvalue weighted by Crippen LogP contribution is 2.44. The second kappa shape index (κ2) is 14.1. The molecule has 5 aromatic rings. The van der Waals surface area contributed by atoms with Gasteiger partial charge in [-0.15, -0.1) is 5.10 Å². The Bertz CT molecular complexity index is 1880. The molecule has 1 unspecified atom stereocenters. The largest absolute Gasteiger partial charge is 0.423 e. The predicted molar refractivity (Wildman–Crippen MR) is 175 cm³/mol. The number of piperidine rings is 1. The van der Waals surface area contributed by atoms with Gasteiger partial charge < -0.3 is 14.4 Å². The van der Waals surface area contributed by atoms with Crippen molar-refractivity contribution in [3.8, 4) is 23.5 Å². The second-order valence-electron chi connectivity index (χ2n) is 11.4. The first-order valence-corrected chi connectivity index (χ1v) is 16.3. The van der Waals surface area contributed by atoms with Gasteiger partial charge in [0.25, 0.3) is 0 Å². The van der Waals surface area contributed by atoms with Crippen molar-refractivity contribution in [1.29, 1.82) is 0 Å². The summed E-state index contributed by atoms with van der Waals surface area (Å²) in [5, 5.41) is 8.33. The number of ether oxygens (including phenoxy) is 2. The molecule has 0 spiro atoms. The van der Waals surface area contributed by atoms with Crippen LogP contribution >= 0.6 is 39.1 Å².